The zero-order valence-electron chi connectivity index (χ0n) is 16.3. The molecule has 1 spiro atoms. The van der Waals surface area contributed by atoms with Crippen LogP contribution in [-0.4, -0.2) is 57.1 Å². The van der Waals surface area contributed by atoms with Gasteiger partial charge in [-0.15, -0.1) is 0 Å². The van der Waals surface area contributed by atoms with E-state index in [0.29, 0.717) is 6.42 Å². The van der Waals surface area contributed by atoms with E-state index in [1.165, 1.54) is 25.7 Å². The number of aryl methyl sites for hydroxylation is 1. The van der Waals surface area contributed by atoms with Crippen LogP contribution >= 0.6 is 0 Å². The lowest BCUT2D eigenvalue weighted by molar-refractivity contribution is -0.141. The SMILES string of the molecule is O=C1CC2(CCCCC2)CN1CC(=O)N1CCCC[C@H]1CCn1cccn1. The molecule has 0 bridgehead atoms. The largest absolute Gasteiger partial charge is 0.338 e. The molecule has 3 heterocycles. The lowest BCUT2D eigenvalue weighted by Gasteiger charge is -2.37. The molecule has 2 saturated heterocycles. The van der Waals surface area contributed by atoms with Crippen molar-refractivity contribution in [1.29, 1.82) is 0 Å². The maximum absolute atomic E-state index is 13.1. The van der Waals surface area contributed by atoms with Crippen LogP contribution in [0.25, 0.3) is 0 Å². The van der Waals surface area contributed by atoms with Crippen molar-refractivity contribution in [2.75, 3.05) is 19.6 Å². The molecule has 148 valence electrons. The summed E-state index contributed by atoms with van der Waals surface area (Å²) in [4.78, 5) is 29.5. The van der Waals surface area contributed by atoms with Gasteiger partial charge in [-0.3, -0.25) is 14.3 Å². The standard InChI is InChI=1S/C21H32N4O2/c26-19-15-21(9-3-1-4-10-21)17-23(19)16-20(27)25-13-5-2-7-18(25)8-14-24-12-6-11-22-24/h6,11-12,18H,1-5,7-10,13-17H2/t18-/m0/s1. The summed E-state index contributed by atoms with van der Waals surface area (Å²) in [7, 11) is 0. The maximum Gasteiger partial charge on any atom is 0.242 e. The molecule has 2 amide bonds. The molecular weight excluding hydrogens is 340 g/mol. The molecule has 0 N–H and O–H groups in total. The zero-order chi connectivity index (χ0) is 18.7. The Morgan fingerprint density at radius 2 is 2.04 bits per heavy atom. The van der Waals surface area contributed by atoms with E-state index in [0.717, 1.165) is 51.7 Å². The van der Waals surface area contributed by atoms with E-state index >= 15 is 0 Å². The summed E-state index contributed by atoms with van der Waals surface area (Å²) < 4.78 is 1.94. The highest BCUT2D eigenvalue weighted by Crippen LogP contribution is 2.44. The highest BCUT2D eigenvalue weighted by Gasteiger charge is 2.44. The van der Waals surface area contributed by atoms with Gasteiger partial charge in [0.05, 0.1) is 6.54 Å². The molecule has 2 aliphatic heterocycles. The summed E-state index contributed by atoms with van der Waals surface area (Å²) in [6.45, 7) is 2.74. The van der Waals surface area contributed by atoms with Gasteiger partial charge in [0.15, 0.2) is 0 Å². The van der Waals surface area contributed by atoms with E-state index in [-0.39, 0.29) is 29.8 Å². The molecular formula is C21H32N4O2. The number of hydrogen-bond acceptors (Lipinski definition) is 3. The molecule has 27 heavy (non-hydrogen) atoms. The fourth-order valence-corrected chi connectivity index (χ4v) is 5.36. The number of amides is 2. The van der Waals surface area contributed by atoms with Crippen LogP contribution in [0.5, 0.6) is 0 Å². The van der Waals surface area contributed by atoms with Crippen LogP contribution in [0.3, 0.4) is 0 Å². The van der Waals surface area contributed by atoms with Gasteiger partial charge in [0.1, 0.15) is 0 Å². The highest BCUT2D eigenvalue weighted by molar-refractivity contribution is 5.86. The normalized spacial score (nSPS) is 25.3. The second-order valence-corrected chi connectivity index (χ2v) is 8.78. The molecule has 3 aliphatic rings. The first-order chi connectivity index (χ1) is 13.2. The quantitative estimate of drug-likeness (QED) is 0.799. The number of nitrogens with zero attached hydrogens (tertiary/aromatic N) is 4. The molecule has 0 aromatic carbocycles. The summed E-state index contributed by atoms with van der Waals surface area (Å²) >= 11 is 0. The van der Waals surface area contributed by atoms with Crippen molar-refractivity contribution in [3.63, 3.8) is 0 Å². The van der Waals surface area contributed by atoms with Crippen LogP contribution in [0.1, 0.15) is 64.2 Å². The molecule has 1 atom stereocenters. The Bertz CT molecular complexity index is 651. The van der Waals surface area contributed by atoms with Crippen LogP contribution in [0.2, 0.25) is 0 Å². The van der Waals surface area contributed by atoms with Gasteiger partial charge >= 0.3 is 0 Å². The molecule has 1 aliphatic carbocycles. The lowest BCUT2D eigenvalue weighted by Crippen LogP contribution is -2.48. The van der Waals surface area contributed by atoms with Crippen LogP contribution in [0.15, 0.2) is 18.5 Å². The Morgan fingerprint density at radius 3 is 2.81 bits per heavy atom. The summed E-state index contributed by atoms with van der Waals surface area (Å²) in [6, 6.07) is 2.21. The molecule has 6 heteroatoms. The molecule has 0 radical (unpaired) electrons. The predicted molar refractivity (Wildman–Crippen MR) is 103 cm³/mol. The Morgan fingerprint density at radius 1 is 1.19 bits per heavy atom. The molecule has 1 aromatic heterocycles. The van der Waals surface area contributed by atoms with E-state index < -0.39 is 0 Å². The molecule has 4 rings (SSSR count). The van der Waals surface area contributed by atoms with Crippen molar-refractivity contribution in [2.45, 2.75) is 76.8 Å². The second kappa shape index (κ2) is 8.03. The lowest BCUT2D eigenvalue weighted by atomic mass is 9.73. The summed E-state index contributed by atoms with van der Waals surface area (Å²) in [5.74, 6) is 0.330. The Kier molecular flexibility index (Phi) is 5.50. The van der Waals surface area contributed by atoms with E-state index in [9.17, 15) is 9.59 Å². The maximum atomic E-state index is 13.1. The van der Waals surface area contributed by atoms with E-state index in [2.05, 4.69) is 5.10 Å². The molecule has 1 saturated carbocycles. The Hall–Kier alpha value is -1.85. The third-order valence-electron chi connectivity index (χ3n) is 6.84. The Labute approximate surface area is 161 Å². The minimum Gasteiger partial charge on any atom is -0.338 e. The second-order valence-electron chi connectivity index (χ2n) is 8.78. The third-order valence-corrected chi connectivity index (χ3v) is 6.84. The number of carbonyl (C=O) groups is 2. The van der Waals surface area contributed by atoms with Gasteiger partial charge in [0, 0.05) is 44.5 Å². The van der Waals surface area contributed by atoms with Crippen molar-refractivity contribution in [3.8, 4) is 0 Å². The predicted octanol–water partition coefficient (Wildman–Crippen LogP) is 2.84. The van der Waals surface area contributed by atoms with Gasteiger partial charge in [-0.2, -0.15) is 5.10 Å². The summed E-state index contributed by atoms with van der Waals surface area (Å²) in [6.07, 6.45) is 14.7. The number of likely N-dealkylation sites (tertiary alicyclic amines) is 2. The van der Waals surface area contributed by atoms with Crippen molar-refractivity contribution in [1.82, 2.24) is 19.6 Å². The van der Waals surface area contributed by atoms with Gasteiger partial charge < -0.3 is 9.80 Å². The van der Waals surface area contributed by atoms with E-state index in [1.54, 1.807) is 6.20 Å². The van der Waals surface area contributed by atoms with Crippen molar-refractivity contribution >= 4 is 11.8 Å². The van der Waals surface area contributed by atoms with Crippen molar-refractivity contribution < 1.29 is 9.59 Å². The smallest absolute Gasteiger partial charge is 0.242 e. The van der Waals surface area contributed by atoms with Crippen molar-refractivity contribution in [2.24, 2.45) is 5.41 Å². The summed E-state index contributed by atoms with van der Waals surface area (Å²) in [5, 5.41) is 4.27. The molecule has 6 nitrogen and oxygen atoms in total. The van der Waals surface area contributed by atoms with E-state index in [1.807, 2.05) is 26.7 Å². The van der Waals surface area contributed by atoms with Gasteiger partial charge in [-0.1, -0.05) is 19.3 Å². The number of piperidine rings is 1. The fourth-order valence-electron chi connectivity index (χ4n) is 5.36. The van der Waals surface area contributed by atoms with E-state index in [4.69, 9.17) is 0 Å². The monoisotopic (exact) mass is 372 g/mol. The Balaban J connectivity index is 1.35. The fraction of sp³-hybridized carbons (Fsp3) is 0.762. The first-order valence-electron chi connectivity index (χ1n) is 10.7. The topological polar surface area (TPSA) is 58.4 Å². The third kappa shape index (κ3) is 4.19. The first kappa shape index (κ1) is 18.5. The van der Waals surface area contributed by atoms with Gasteiger partial charge in [0.2, 0.25) is 11.8 Å². The number of hydrogen-bond donors (Lipinski definition) is 0. The van der Waals surface area contributed by atoms with Crippen LogP contribution in [-0.2, 0) is 16.1 Å². The van der Waals surface area contributed by atoms with Gasteiger partial charge in [-0.25, -0.2) is 0 Å². The highest BCUT2D eigenvalue weighted by atomic mass is 16.2. The minimum atomic E-state index is 0.140. The van der Waals surface area contributed by atoms with Crippen molar-refractivity contribution in [3.05, 3.63) is 18.5 Å². The first-order valence-corrected chi connectivity index (χ1v) is 10.7. The summed E-state index contributed by atoms with van der Waals surface area (Å²) in [5.41, 5.74) is 0.164. The zero-order valence-corrected chi connectivity index (χ0v) is 16.3. The average molecular weight is 373 g/mol. The van der Waals surface area contributed by atoms with Crippen LogP contribution in [0.4, 0.5) is 0 Å². The van der Waals surface area contributed by atoms with Gasteiger partial charge in [-0.05, 0) is 50.0 Å². The average Bonchev–Trinajstić information content (AvgIpc) is 3.29. The minimum absolute atomic E-state index is 0.140. The number of rotatable bonds is 5. The van der Waals surface area contributed by atoms with Crippen LogP contribution in [0, 0.1) is 5.41 Å². The number of aromatic nitrogens is 2. The van der Waals surface area contributed by atoms with Gasteiger partial charge in [0.25, 0.3) is 0 Å². The molecule has 3 fully saturated rings. The molecule has 1 aromatic rings. The number of carbonyl (C=O) groups excluding carboxylic acids is 2. The van der Waals surface area contributed by atoms with Crippen LogP contribution < -0.4 is 0 Å². The molecule has 0 unspecified atom stereocenters.